The first-order valence-electron chi connectivity index (χ1n) is 24.3. The molecule has 0 spiro atoms. The summed E-state index contributed by atoms with van der Waals surface area (Å²) in [6.45, 7) is 8.65. The number of rotatable bonds is 6. The van der Waals surface area contributed by atoms with Crippen LogP contribution in [-0.2, 0) is 0 Å². The van der Waals surface area contributed by atoms with Gasteiger partial charge in [-0.05, 0) is 102 Å². The molecule has 0 atom stereocenters. The van der Waals surface area contributed by atoms with Crippen LogP contribution < -0.4 is 0 Å². The Morgan fingerprint density at radius 2 is 0.919 bits per heavy atom. The average Bonchev–Trinajstić information content (AvgIpc) is 4.24. The molecule has 10 aromatic carbocycles. The number of furan rings is 2. The van der Waals surface area contributed by atoms with E-state index in [1.165, 1.54) is 0 Å². The highest BCUT2D eigenvalue weighted by molar-refractivity contribution is 6.25. The van der Waals surface area contributed by atoms with Gasteiger partial charge in [-0.1, -0.05) is 121 Å². The zero-order chi connectivity index (χ0) is 49.0. The number of aromatic nitrogens is 5. The molecule has 0 saturated carbocycles. The third-order valence-electron chi connectivity index (χ3n) is 14.4. The molecule has 5 heterocycles. The topological polar surface area (TPSA) is 103 Å². The Kier molecular flexibility index (Phi) is 8.88. The third-order valence-corrected chi connectivity index (χ3v) is 14.4. The van der Waals surface area contributed by atoms with Gasteiger partial charge in [0.25, 0.3) is 0 Å². The highest BCUT2D eigenvalue weighted by atomic mass is 16.3. The van der Waals surface area contributed by atoms with E-state index in [0.717, 1.165) is 121 Å². The maximum absolute atomic E-state index is 10.2. The predicted molar refractivity (Wildman–Crippen MR) is 296 cm³/mol. The van der Waals surface area contributed by atoms with Gasteiger partial charge in [0.05, 0.1) is 51.0 Å². The van der Waals surface area contributed by atoms with Crippen molar-refractivity contribution in [1.29, 1.82) is 5.26 Å². The van der Waals surface area contributed by atoms with Crippen LogP contribution in [0.2, 0.25) is 0 Å². The average molecular weight is 946 g/mol. The summed E-state index contributed by atoms with van der Waals surface area (Å²) in [4.78, 5) is 19.7. The summed E-state index contributed by atoms with van der Waals surface area (Å²) in [5.74, 6) is 1.23. The Morgan fingerprint density at radius 3 is 1.53 bits per heavy atom. The largest absolute Gasteiger partial charge is 0.455 e. The number of fused-ring (bicyclic) bond motifs is 14. The molecule has 0 unspecified atom stereocenters. The Bertz CT molecular complexity index is 4950. The molecule has 15 rings (SSSR count). The Hall–Kier alpha value is -10.6. The van der Waals surface area contributed by atoms with Crippen molar-refractivity contribution in [1.82, 2.24) is 24.1 Å². The normalized spacial score (nSPS) is 11.8. The third kappa shape index (κ3) is 6.11. The van der Waals surface area contributed by atoms with Crippen molar-refractivity contribution in [2.45, 2.75) is 0 Å². The summed E-state index contributed by atoms with van der Waals surface area (Å²) in [7, 11) is 0. The summed E-state index contributed by atoms with van der Waals surface area (Å²) in [5.41, 5.74) is 13.7. The summed E-state index contributed by atoms with van der Waals surface area (Å²) in [6.07, 6.45) is 0. The lowest BCUT2D eigenvalue weighted by Gasteiger charge is -2.16. The number of nitrogens with zero attached hydrogens (tertiary/aromatic N) is 7. The summed E-state index contributed by atoms with van der Waals surface area (Å²) in [6, 6.07) is 73.6. The van der Waals surface area contributed by atoms with Crippen LogP contribution in [0, 0.1) is 17.9 Å². The molecule has 15 aromatic rings. The molecular weight excluding hydrogens is 911 g/mol. The first-order valence-corrected chi connectivity index (χ1v) is 24.3. The van der Waals surface area contributed by atoms with Crippen LogP contribution >= 0.6 is 0 Å². The van der Waals surface area contributed by atoms with Crippen molar-refractivity contribution >= 4 is 93.2 Å². The van der Waals surface area contributed by atoms with Crippen LogP contribution in [-0.4, -0.2) is 24.1 Å². The Balaban J connectivity index is 0.931. The van der Waals surface area contributed by atoms with E-state index in [1.807, 2.05) is 115 Å². The van der Waals surface area contributed by atoms with Crippen molar-refractivity contribution in [2.75, 3.05) is 0 Å². The van der Waals surface area contributed by atoms with E-state index in [9.17, 15) is 5.26 Å². The fraction of sp³-hybridized carbons (Fsp3) is 0. The van der Waals surface area contributed by atoms with E-state index in [0.29, 0.717) is 34.3 Å². The van der Waals surface area contributed by atoms with Gasteiger partial charge in [0.15, 0.2) is 23.2 Å². The zero-order valence-corrected chi connectivity index (χ0v) is 39.2. The fourth-order valence-electron chi connectivity index (χ4n) is 11.2. The Labute approximate surface area is 421 Å². The van der Waals surface area contributed by atoms with Gasteiger partial charge >= 0.3 is 0 Å². The monoisotopic (exact) mass is 945 g/mol. The number of hydrogen-bond donors (Lipinski definition) is 0. The van der Waals surface area contributed by atoms with Gasteiger partial charge in [-0.3, -0.25) is 0 Å². The number of nitriles is 1. The fourth-order valence-corrected chi connectivity index (χ4v) is 11.2. The molecule has 0 aliphatic rings. The van der Waals surface area contributed by atoms with Crippen molar-refractivity contribution < 1.29 is 8.83 Å². The summed E-state index contributed by atoms with van der Waals surface area (Å²) in [5, 5.41) is 18.6. The van der Waals surface area contributed by atoms with Crippen LogP contribution in [0.4, 0.5) is 5.69 Å². The minimum atomic E-state index is 0.357. The van der Waals surface area contributed by atoms with Gasteiger partial charge in [0.2, 0.25) is 0 Å². The van der Waals surface area contributed by atoms with Crippen LogP contribution in [0.3, 0.4) is 0 Å². The first kappa shape index (κ1) is 41.2. The lowest BCUT2D eigenvalue weighted by molar-refractivity contribution is 0.672. The molecule has 9 heteroatoms. The van der Waals surface area contributed by atoms with Crippen LogP contribution in [0.15, 0.2) is 221 Å². The van der Waals surface area contributed by atoms with E-state index < -0.39 is 0 Å². The lowest BCUT2D eigenvalue weighted by atomic mass is 9.96. The summed E-state index contributed by atoms with van der Waals surface area (Å²) < 4.78 is 17.7. The molecule has 0 N–H and O–H groups in total. The SMILES string of the molecule is [C-]#[N+]c1cc(-n2c3ccccc3c3c4oc5ccccc5c4ccc32)ccc1-c1nc(-c2ccccc2)nc(-c2ccc(-n3c4ccccc4c4c5oc6ccccc6c5ccc43)cc2-c2cccc(C#N)c2)n1. The summed E-state index contributed by atoms with van der Waals surface area (Å²) >= 11 is 0. The van der Waals surface area contributed by atoms with E-state index in [-0.39, 0.29) is 0 Å². The molecule has 5 aromatic heterocycles. The standard InChI is InChI=1S/C65H35N7O2/c1-67-52-36-42(72-54-23-10-6-21-50(54)60-56(72)33-31-46-44-19-8-12-25-58(44)74-62(46)60)27-29-48(52)65-69-63(39-15-3-2-4-16-39)68-64(70-65)47-28-26-41(35-51(47)40-17-13-14-38(34-40)37-66)71-53-22-9-5-20-49(53)59-55(71)32-30-45-43-18-7-11-24-57(43)73-61(45)59/h2-36H. The van der Waals surface area contributed by atoms with Crippen LogP contribution in [0.25, 0.3) is 149 Å². The van der Waals surface area contributed by atoms with Gasteiger partial charge in [-0.2, -0.15) is 5.26 Å². The second-order valence-electron chi connectivity index (χ2n) is 18.5. The van der Waals surface area contributed by atoms with E-state index in [1.54, 1.807) is 6.07 Å². The molecular formula is C65H35N7O2. The van der Waals surface area contributed by atoms with Gasteiger partial charge in [0.1, 0.15) is 22.3 Å². The van der Waals surface area contributed by atoms with E-state index in [4.69, 9.17) is 30.4 Å². The molecule has 0 fully saturated rings. The first-order chi connectivity index (χ1) is 36.6. The molecule has 0 aliphatic carbocycles. The van der Waals surface area contributed by atoms with Crippen LogP contribution in [0.1, 0.15) is 5.56 Å². The Morgan fingerprint density at radius 1 is 0.405 bits per heavy atom. The highest BCUT2D eigenvalue weighted by Crippen LogP contribution is 2.45. The molecule has 9 nitrogen and oxygen atoms in total. The highest BCUT2D eigenvalue weighted by Gasteiger charge is 2.24. The number of benzene rings is 10. The van der Waals surface area contributed by atoms with Crippen molar-refractivity contribution in [3.8, 4) is 62.7 Å². The molecule has 0 amide bonds. The molecule has 0 radical (unpaired) electrons. The van der Waals surface area contributed by atoms with E-state index in [2.05, 4.69) is 111 Å². The molecule has 0 saturated heterocycles. The van der Waals surface area contributed by atoms with Gasteiger partial charge in [-0.15, -0.1) is 0 Å². The molecule has 74 heavy (non-hydrogen) atoms. The molecule has 342 valence electrons. The van der Waals surface area contributed by atoms with Gasteiger partial charge < -0.3 is 18.0 Å². The number of para-hydroxylation sites is 4. The number of hydrogen-bond acceptors (Lipinski definition) is 6. The quantitative estimate of drug-likeness (QED) is 0.154. The maximum Gasteiger partial charge on any atom is 0.200 e. The van der Waals surface area contributed by atoms with Crippen molar-refractivity contribution in [3.63, 3.8) is 0 Å². The van der Waals surface area contributed by atoms with E-state index >= 15 is 0 Å². The van der Waals surface area contributed by atoms with Gasteiger partial charge in [0, 0.05) is 60.4 Å². The predicted octanol–water partition coefficient (Wildman–Crippen LogP) is 17.0. The second-order valence-corrected chi connectivity index (χ2v) is 18.5. The lowest BCUT2D eigenvalue weighted by Crippen LogP contribution is -2.03. The zero-order valence-electron chi connectivity index (χ0n) is 39.2. The van der Waals surface area contributed by atoms with Crippen molar-refractivity contribution in [3.05, 3.63) is 229 Å². The van der Waals surface area contributed by atoms with Crippen LogP contribution in [0.5, 0.6) is 0 Å². The minimum Gasteiger partial charge on any atom is -0.455 e. The maximum atomic E-state index is 10.2. The second kappa shape index (κ2) is 16.0. The molecule has 0 bridgehead atoms. The molecule has 0 aliphatic heterocycles. The van der Waals surface area contributed by atoms with Crippen molar-refractivity contribution in [2.24, 2.45) is 0 Å². The minimum absolute atomic E-state index is 0.357. The van der Waals surface area contributed by atoms with Gasteiger partial charge in [-0.25, -0.2) is 19.8 Å². The smallest absolute Gasteiger partial charge is 0.200 e.